The van der Waals surface area contributed by atoms with Crippen LogP contribution in [0.1, 0.15) is 162 Å². The molecule has 2 amide bonds. The van der Waals surface area contributed by atoms with Crippen LogP contribution < -0.4 is 19.3 Å². The molecule has 14 nitrogen and oxygen atoms in total. The Morgan fingerprint density at radius 1 is 0.840 bits per heavy atom. The third-order valence-corrected chi connectivity index (χ3v) is 28.3. The Bertz CT molecular complexity index is 3800. The third-order valence-electron chi connectivity index (χ3n) is 22.2. The maximum Gasteiger partial charge on any atom is 0.285 e. The normalized spacial score (nSPS) is 29.0. The molecule has 18 heteroatoms. The molecule has 4 aliphatic carbocycles. The summed E-state index contributed by atoms with van der Waals surface area (Å²) in [6.45, 7) is 23.1. The van der Waals surface area contributed by atoms with Gasteiger partial charge in [0.25, 0.3) is 11.8 Å². The maximum absolute atomic E-state index is 14.5. The highest BCUT2D eigenvalue weighted by molar-refractivity contribution is 7.95. The smallest absolute Gasteiger partial charge is 0.285 e. The van der Waals surface area contributed by atoms with Crippen molar-refractivity contribution in [1.29, 1.82) is 0 Å². The predicted molar refractivity (Wildman–Crippen MR) is 381 cm³/mol. The van der Waals surface area contributed by atoms with Crippen LogP contribution in [0.15, 0.2) is 119 Å². The number of methoxy groups -OCH3 is 2. The van der Waals surface area contributed by atoms with Crippen molar-refractivity contribution in [3.05, 3.63) is 154 Å². The lowest BCUT2D eigenvalue weighted by Gasteiger charge is -2.46. The number of hydrogen-bond acceptors (Lipinski definition) is 12. The number of halogens is 2. The molecule has 0 radical (unpaired) electrons. The van der Waals surface area contributed by atoms with E-state index in [0.29, 0.717) is 66.6 Å². The highest BCUT2D eigenvalue weighted by Gasteiger charge is 2.47. The van der Waals surface area contributed by atoms with Crippen LogP contribution in [0.2, 0.25) is 10.0 Å². The number of aryl methyl sites for hydroxylation is 2. The number of nitrogens with zero attached hydrogens (tertiary/aromatic N) is 4. The highest BCUT2D eigenvalue weighted by atomic mass is 35.5. The van der Waals surface area contributed by atoms with Gasteiger partial charge in [-0.1, -0.05) is 87.3 Å². The van der Waals surface area contributed by atoms with Gasteiger partial charge >= 0.3 is 0 Å². The topological polar surface area (TPSA) is 171 Å². The van der Waals surface area contributed by atoms with Crippen LogP contribution in [-0.2, 0) is 62.2 Å². The molecule has 11 rings (SSSR count). The van der Waals surface area contributed by atoms with Gasteiger partial charge in [0.2, 0.25) is 0 Å². The SMILES string of the molecule is C=CC[C@H](C)[C@@H](C)[S@@](=O)(CC(=O)CC)=NC(=O)c1ccc2c(c1)N(C[C@@H]1CC[C@H]1[C@H](C=C)OC)C[C@@]1(CCCc3cc(Cl)ccc31)CO2.CCC(=O)C[S@@]1(=O)=NC(=O)c2ccc3c(c2)N(C[C@@H]2CC[C@H]2[C@@H](OC)/C=C/C[C@H](C)[C@H]1C)C[C@@]1(CCCc2cc(Cl)ccc21)CO3. The minimum atomic E-state index is -3.19. The first-order chi connectivity index (χ1) is 45.0. The van der Waals surface area contributed by atoms with Crippen molar-refractivity contribution in [3.63, 3.8) is 0 Å². The zero-order valence-electron chi connectivity index (χ0n) is 56.4. The van der Waals surface area contributed by atoms with Gasteiger partial charge in [-0.3, -0.25) is 19.2 Å². The summed E-state index contributed by atoms with van der Waals surface area (Å²) in [5, 5.41) is 0.569. The molecule has 2 saturated carbocycles. The van der Waals surface area contributed by atoms with E-state index in [1.807, 2.05) is 70.2 Å². The zero-order chi connectivity index (χ0) is 67.3. The highest BCUT2D eigenvalue weighted by Crippen LogP contribution is 2.50. The number of allylic oxidation sites excluding steroid dienone is 2. The quantitative estimate of drug-likeness (QED) is 0.0918. The number of carbonyl (C=O) groups is 4. The summed E-state index contributed by atoms with van der Waals surface area (Å²) in [7, 11) is -2.85. The van der Waals surface area contributed by atoms with Gasteiger partial charge in [-0.25, -0.2) is 8.42 Å². The second-order valence-corrected chi connectivity index (χ2v) is 34.1. The van der Waals surface area contributed by atoms with Crippen molar-refractivity contribution in [2.24, 2.45) is 44.2 Å². The number of anilines is 2. The molecule has 508 valence electrons. The first-order valence-electron chi connectivity index (χ1n) is 34.2. The minimum Gasteiger partial charge on any atom is -0.490 e. The number of amides is 2. The van der Waals surface area contributed by atoms with E-state index >= 15 is 0 Å². The molecule has 0 saturated heterocycles. The Morgan fingerprint density at radius 2 is 1.49 bits per heavy atom. The van der Waals surface area contributed by atoms with E-state index in [0.717, 1.165) is 118 Å². The van der Waals surface area contributed by atoms with Crippen molar-refractivity contribution in [3.8, 4) is 11.5 Å². The lowest BCUT2D eigenvalue weighted by Crippen LogP contribution is -2.49. The fraction of sp³-hybridized carbons (Fsp3) is 0.553. The number of benzene rings is 4. The number of ether oxygens (including phenoxy) is 4. The van der Waals surface area contributed by atoms with Crippen molar-refractivity contribution in [1.82, 2.24) is 0 Å². The molecule has 4 aromatic rings. The van der Waals surface area contributed by atoms with Gasteiger partial charge in [-0.05, 0) is 209 Å². The number of ketones is 2. The standard InChI is InChI=1S/C39H51ClN2O5S.C37H47ClN2O5S/c1-7-11-26(4)27(5)48(45,23-32(43)8-2)41-38(44)29-14-18-37-35(21-29)42(22-30-13-16-33(30)36(9-3)46-6)24-39(25-47-37)19-10-12-28-20-31(40)15-17-34(28)39;1-5-30(41)21-46(43)25(3)24(2)8-6-10-34(44-4)31-14-11-28(31)20-40-22-37(17-7-9-26-18-29(38)13-15-32(26)37)23-45-35-16-12-27(19-33(35)40)36(42)39-46/h7,9,14-15,17-18,20-21,26-27,30,33,36H,1,3,8,10-13,16,19,22-25H2,2,4-6H3;6,10,12-13,15-16,18-19,24-25,28,31,34H,5,7-9,11,14,17,20-23H2,1-4H3/b;10-6+/t26-,27+,30-,33+,36-,39-,48-;24-,25+,28-,31+,34-,37-,46-/m00/s1. The van der Waals surface area contributed by atoms with E-state index < -0.39 is 41.8 Å². The van der Waals surface area contributed by atoms with Crippen molar-refractivity contribution in [2.75, 3.05) is 74.9 Å². The molecule has 7 aliphatic rings. The number of hydrogen-bond donors (Lipinski definition) is 0. The molecule has 0 N–H and O–H groups in total. The third kappa shape index (κ3) is 15.2. The molecule has 0 aromatic heterocycles. The summed E-state index contributed by atoms with van der Waals surface area (Å²) < 4.78 is 62.7. The fourth-order valence-electron chi connectivity index (χ4n) is 15.8. The van der Waals surface area contributed by atoms with Crippen LogP contribution in [0.5, 0.6) is 11.5 Å². The molecule has 0 unspecified atom stereocenters. The van der Waals surface area contributed by atoms with E-state index in [-0.39, 0.29) is 70.8 Å². The van der Waals surface area contributed by atoms with Gasteiger partial charge in [0.05, 0.1) is 67.8 Å². The average Bonchev–Trinajstić information content (AvgIpc) is 1.59. The Hall–Kier alpha value is -5.62. The maximum atomic E-state index is 14.5. The van der Waals surface area contributed by atoms with Crippen LogP contribution in [0.4, 0.5) is 11.4 Å². The first kappa shape index (κ1) is 71.2. The molecule has 94 heavy (non-hydrogen) atoms. The molecule has 3 heterocycles. The molecular formula is C76H98Cl2N4O10S2. The average molecular weight is 1360 g/mol. The minimum absolute atomic E-state index is 0.0193. The molecule has 3 aliphatic heterocycles. The Kier molecular flexibility index (Phi) is 23.0. The summed E-state index contributed by atoms with van der Waals surface area (Å²) >= 11 is 12.9. The van der Waals surface area contributed by atoms with Crippen LogP contribution in [-0.4, -0.2) is 120 Å². The second kappa shape index (κ2) is 30.4. The van der Waals surface area contributed by atoms with Crippen LogP contribution in [0.25, 0.3) is 0 Å². The molecule has 2 fully saturated rings. The molecular weight excluding hydrogens is 1260 g/mol. The van der Waals surface area contributed by atoms with Gasteiger partial charge < -0.3 is 28.7 Å². The largest absolute Gasteiger partial charge is 0.490 e. The van der Waals surface area contributed by atoms with E-state index in [1.165, 1.54) is 22.3 Å². The van der Waals surface area contributed by atoms with E-state index in [2.05, 4.69) is 68.1 Å². The van der Waals surface area contributed by atoms with Crippen molar-refractivity contribution in [2.45, 2.75) is 165 Å². The molecule has 2 bridgehead atoms. The Morgan fingerprint density at radius 3 is 2.07 bits per heavy atom. The van der Waals surface area contributed by atoms with Gasteiger partial charge in [0.15, 0.2) is 0 Å². The summed E-state index contributed by atoms with van der Waals surface area (Å²) in [6, 6.07) is 23.3. The lowest BCUT2D eigenvalue weighted by atomic mass is 9.68. The summed E-state index contributed by atoms with van der Waals surface area (Å²) in [5.74, 6) is 0.954. The molecule has 4 aromatic carbocycles. The summed E-state index contributed by atoms with van der Waals surface area (Å²) in [6.07, 6.45) is 20.1. The van der Waals surface area contributed by atoms with Gasteiger partial charge in [-0.15, -0.1) is 13.2 Å². The molecule has 2 spiro atoms. The molecule has 14 atom stereocenters. The first-order valence-corrected chi connectivity index (χ1v) is 38.4. The Balaban J connectivity index is 0.000000205. The van der Waals surface area contributed by atoms with Crippen LogP contribution in [0, 0.1) is 35.5 Å². The lowest BCUT2D eigenvalue weighted by molar-refractivity contribution is -0.117. The summed E-state index contributed by atoms with van der Waals surface area (Å²) in [5.41, 5.74) is 7.02. The number of fused-ring (bicyclic) bond motifs is 7. The predicted octanol–water partition coefficient (Wildman–Crippen LogP) is 15.7. The van der Waals surface area contributed by atoms with Gasteiger partial charge in [0.1, 0.15) is 23.1 Å². The van der Waals surface area contributed by atoms with Crippen LogP contribution in [0.3, 0.4) is 0 Å². The second-order valence-electron chi connectivity index (χ2n) is 28.0. The van der Waals surface area contributed by atoms with E-state index in [1.54, 1.807) is 46.3 Å². The summed E-state index contributed by atoms with van der Waals surface area (Å²) in [4.78, 5) is 57.8. The monoisotopic (exact) mass is 1360 g/mol. The van der Waals surface area contributed by atoms with Crippen molar-refractivity contribution < 1.29 is 46.5 Å². The van der Waals surface area contributed by atoms with Gasteiger partial charge in [0, 0.05) is 95.7 Å². The number of carbonyl (C=O) groups excluding carboxylic acids is 4. The zero-order valence-corrected chi connectivity index (χ0v) is 59.6. The van der Waals surface area contributed by atoms with E-state index in [4.69, 9.17) is 42.1 Å². The van der Waals surface area contributed by atoms with Gasteiger partial charge in [-0.2, -0.15) is 8.73 Å². The Labute approximate surface area is 569 Å². The number of Topliss-reactive ketones (excluding diaryl/α,β-unsaturated/α-hetero) is 2. The van der Waals surface area contributed by atoms with Crippen LogP contribution >= 0.6 is 23.2 Å². The van der Waals surface area contributed by atoms with E-state index in [9.17, 15) is 27.6 Å². The fourth-order valence-corrected chi connectivity index (χ4v) is 20.9. The number of rotatable bonds is 17. The van der Waals surface area contributed by atoms with Crippen molar-refractivity contribution >= 4 is 77.4 Å².